The minimum atomic E-state index is 0.0290. The van der Waals surface area contributed by atoms with Crippen molar-refractivity contribution in [3.63, 3.8) is 0 Å². The zero-order chi connectivity index (χ0) is 15.4. The van der Waals surface area contributed by atoms with Crippen LogP contribution in [0.25, 0.3) is 0 Å². The maximum atomic E-state index is 12.3. The number of aromatic amines is 1. The van der Waals surface area contributed by atoms with Gasteiger partial charge in [0.25, 0.3) is 5.56 Å². The summed E-state index contributed by atoms with van der Waals surface area (Å²) in [7, 11) is 0. The van der Waals surface area contributed by atoms with Crippen LogP contribution in [0.2, 0.25) is 0 Å². The van der Waals surface area contributed by atoms with Crippen LogP contribution in [0.1, 0.15) is 30.2 Å². The van der Waals surface area contributed by atoms with Crippen LogP contribution < -0.4 is 5.56 Å². The number of aromatic nitrogens is 2. The molecule has 4 nitrogen and oxygen atoms in total. The number of H-pyrrole nitrogens is 1. The van der Waals surface area contributed by atoms with Crippen LogP contribution in [0.3, 0.4) is 0 Å². The number of hydrogen-bond donors (Lipinski definition) is 1. The highest BCUT2D eigenvalue weighted by atomic mass is 32.2. The lowest BCUT2D eigenvalue weighted by Gasteiger charge is -2.27. The van der Waals surface area contributed by atoms with Gasteiger partial charge in [0.2, 0.25) is 0 Å². The van der Waals surface area contributed by atoms with Gasteiger partial charge in [-0.2, -0.15) is 0 Å². The molecule has 0 fully saturated rings. The first kappa shape index (κ1) is 15.3. The van der Waals surface area contributed by atoms with E-state index in [-0.39, 0.29) is 5.56 Å². The van der Waals surface area contributed by atoms with Gasteiger partial charge in [-0.25, -0.2) is 4.98 Å². The molecule has 1 aliphatic rings. The summed E-state index contributed by atoms with van der Waals surface area (Å²) in [6.45, 7) is 4.94. The molecule has 2 heterocycles. The third-order valence-electron chi connectivity index (χ3n) is 3.88. The Labute approximate surface area is 135 Å². The highest BCUT2D eigenvalue weighted by Crippen LogP contribution is 2.21. The second-order valence-corrected chi connectivity index (χ2v) is 6.56. The first-order chi connectivity index (χ1) is 10.8. The second-order valence-electron chi connectivity index (χ2n) is 5.60. The smallest absolute Gasteiger partial charge is 0.256 e. The number of thioether (sulfide) groups is 1. The minimum absolute atomic E-state index is 0.0290. The highest BCUT2D eigenvalue weighted by molar-refractivity contribution is 7.98. The Morgan fingerprint density at radius 1 is 1.32 bits per heavy atom. The third kappa shape index (κ3) is 3.59. The van der Waals surface area contributed by atoms with Crippen molar-refractivity contribution in [2.75, 3.05) is 13.1 Å². The summed E-state index contributed by atoms with van der Waals surface area (Å²) < 4.78 is 0. The monoisotopic (exact) mass is 315 g/mol. The number of fused-ring (bicyclic) bond motifs is 1. The molecule has 0 saturated heterocycles. The molecule has 1 aliphatic heterocycles. The van der Waals surface area contributed by atoms with E-state index in [1.54, 1.807) is 11.8 Å². The number of hydrogen-bond acceptors (Lipinski definition) is 4. The van der Waals surface area contributed by atoms with Crippen LogP contribution in [-0.4, -0.2) is 28.0 Å². The van der Waals surface area contributed by atoms with Crippen LogP contribution in [0.15, 0.2) is 40.3 Å². The van der Waals surface area contributed by atoms with E-state index in [4.69, 9.17) is 0 Å². The molecule has 5 heteroatoms. The average Bonchev–Trinajstić information content (AvgIpc) is 2.55. The normalized spacial score (nSPS) is 14.8. The summed E-state index contributed by atoms with van der Waals surface area (Å²) in [5.41, 5.74) is 3.10. The second kappa shape index (κ2) is 7.11. The summed E-state index contributed by atoms with van der Waals surface area (Å²) in [4.78, 5) is 22.2. The predicted molar refractivity (Wildman–Crippen MR) is 90.1 cm³/mol. The molecule has 0 bridgehead atoms. The standard InChI is InChI=1S/C17H21N3OS/c1-2-9-20-10-8-15-14(11-20)16(21)19-17(18-15)22-12-13-6-4-3-5-7-13/h3-7H,2,8-12H2,1H3,(H,18,19,21). The van der Waals surface area contributed by atoms with Gasteiger partial charge in [-0.3, -0.25) is 9.69 Å². The van der Waals surface area contributed by atoms with Crippen LogP contribution in [0.4, 0.5) is 0 Å². The maximum absolute atomic E-state index is 12.3. The highest BCUT2D eigenvalue weighted by Gasteiger charge is 2.20. The summed E-state index contributed by atoms with van der Waals surface area (Å²) in [6.07, 6.45) is 1.99. The van der Waals surface area contributed by atoms with Crippen molar-refractivity contribution in [2.45, 2.75) is 37.2 Å². The van der Waals surface area contributed by atoms with E-state index in [0.29, 0.717) is 0 Å². The van der Waals surface area contributed by atoms with Gasteiger partial charge in [-0.05, 0) is 18.5 Å². The van der Waals surface area contributed by atoms with E-state index < -0.39 is 0 Å². The largest absolute Gasteiger partial charge is 0.301 e. The first-order valence-corrected chi connectivity index (χ1v) is 8.76. The van der Waals surface area contributed by atoms with Gasteiger partial charge in [0.1, 0.15) is 0 Å². The Morgan fingerprint density at radius 3 is 2.91 bits per heavy atom. The Kier molecular flexibility index (Phi) is 4.95. The number of rotatable bonds is 5. The van der Waals surface area contributed by atoms with Crippen molar-refractivity contribution >= 4 is 11.8 Å². The van der Waals surface area contributed by atoms with E-state index in [0.717, 1.165) is 54.6 Å². The van der Waals surface area contributed by atoms with Crippen molar-refractivity contribution in [3.8, 4) is 0 Å². The molecule has 0 unspecified atom stereocenters. The third-order valence-corrected chi connectivity index (χ3v) is 4.83. The lowest BCUT2D eigenvalue weighted by Crippen LogP contribution is -2.36. The molecule has 2 aromatic rings. The first-order valence-electron chi connectivity index (χ1n) is 7.77. The average molecular weight is 315 g/mol. The van der Waals surface area contributed by atoms with E-state index >= 15 is 0 Å². The molecular weight excluding hydrogens is 294 g/mol. The van der Waals surface area contributed by atoms with Crippen LogP contribution >= 0.6 is 11.8 Å². The van der Waals surface area contributed by atoms with Gasteiger partial charge in [-0.15, -0.1) is 0 Å². The van der Waals surface area contributed by atoms with Crippen LogP contribution in [-0.2, 0) is 18.7 Å². The minimum Gasteiger partial charge on any atom is -0.301 e. The molecule has 22 heavy (non-hydrogen) atoms. The van der Waals surface area contributed by atoms with Crippen LogP contribution in [0.5, 0.6) is 0 Å². The van der Waals surface area contributed by atoms with Gasteiger partial charge in [0.15, 0.2) is 5.16 Å². The molecule has 0 radical (unpaired) electrons. The fourth-order valence-electron chi connectivity index (χ4n) is 2.76. The quantitative estimate of drug-likeness (QED) is 0.681. The molecule has 0 aliphatic carbocycles. The molecule has 0 spiro atoms. The summed E-state index contributed by atoms with van der Waals surface area (Å²) in [5, 5.41) is 0.733. The van der Waals surface area contributed by atoms with Gasteiger partial charge in [0, 0.05) is 25.3 Å². The summed E-state index contributed by atoms with van der Waals surface area (Å²) >= 11 is 1.59. The van der Waals surface area contributed by atoms with E-state index in [1.165, 1.54) is 5.56 Å². The maximum Gasteiger partial charge on any atom is 0.256 e. The molecule has 1 aromatic carbocycles. The van der Waals surface area contributed by atoms with E-state index in [9.17, 15) is 4.79 Å². The van der Waals surface area contributed by atoms with Gasteiger partial charge in [-0.1, -0.05) is 49.0 Å². The molecule has 0 atom stereocenters. The molecule has 1 N–H and O–H groups in total. The number of benzene rings is 1. The number of nitrogens with one attached hydrogen (secondary N) is 1. The molecule has 0 saturated carbocycles. The fraction of sp³-hybridized carbons (Fsp3) is 0.412. The summed E-state index contributed by atoms with van der Waals surface area (Å²) in [5.74, 6) is 0.824. The van der Waals surface area contributed by atoms with E-state index in [2.05, 4.69) is 33.9 Å². The fourth-order valence-corrected chi connectivity index (χ4v) is 3.59. The van der Waals surface area contributed by atoms with Gasteiger partial charge in [0.05, 0.1) is 11.3 Å². The lowest BCUT2D eigenvalue weighted by atomic mass is 10.1. The van der Waals surface area contributed by atoms with Gasteiger partial charge >= 0.3 is 0 Å². The molecule has 116 valence electrons. The number of nitrogens with zero attached hydrogens (tertiary/aromatic N) is 2. The zero-order valence-electron chi connectivity index (χ0n) is 12.8. The molecule has 0 amide bonds. The van der Waals surface area contributed by atoms with Gasteiger partial charge < -0.3 is 4.98 Å². The zero-order valence-corrected chi connectivity index (χ0v) is 13.7. The molecule has 1 aromatic heterocycles. The van der Waals surface area contributed by atoms with Crippen molar-refractivity contribution in [1.82, 2.24) is 14.9 Å². The van der Waals surface area contributed by atoms with Crippen molar-refractivity contribution in [1.29, 1.82) is 0 Å². The Bertz CT molecular complexity index is 684. The van der Waals surface area contributed by atoms with Crippen molar-refractivity contribution < 1.29 is 0 Å². The Morgan fingerprint density at radius 2 is 2.14 bits per heavy atom. The SMILES string of the molecule is CCCN1CCc2nc(SCc3ccccc3)[nH]c(=O)c2C1. The lowest BCUT2D eigenvalue weighted by molar-refractivity contribution is 0.250. The summed E-state index contributed by atoms with van der Waals surface area (Å²) in [6, 6.07) is 10.2. The Hall–Kier alpha value is -1.59. The van der Waals surface area contributed by atoms with Crippen molar-refractivity contribution in [2.24, 2.45) is 0 Å². The Balaban J connectivity index is 1.73. The molecular formula is C17H21N3OS. The van der Waals surface area contributed by atoms with E-state index in [1.807, 2.05) is 18.2 Å². The predicted octanol–water partition coefficient (Wildman–Crippen LogP) is 2.83. The topological polar surface area (TPSA) is 49.0 Å². The molecule has 3 rings (SSSR count). The van der Waals surface area contributed by atoms with Crippen molar-refractivity contribution in [3.05, 3.63) is 57.5 Å². The van der Waals surface area contributed by atoms with Crippen LogP contribution in [0, 0.1) is 0 Å².